The lowest BCUT2D eigenvalue weighted by Crippen LogP contribution is -2.41. The molecule has 0 radical (unpaired) electrons. The minimum Gasteiger partial charge on any atom is -0.368 e. The van der Waals surface area contributed by atoms with Crippen molar-refractivity contribution in [2.75, 3.05) is 25.0 Å². The largest absolute Gasteiger partial charge is 0.368 e. The van der Waals surface area contributed by atoms with E-state index in [-0.39, 0.29) is 10.6 Å². The van der Waals surface area contributed by atoms with Crippen LogP contribution in [0.5, 0.6) is 0 Å². The molecule has 1 fully saturated rings. The molecular formula is C14H21N3O2. The highest BCUT2D eigenvalue weighted by Gasteiger charge is 2.22. The molecule has 0 spiro atoms. The van der Waals surface area contributed by atoms with Crippen LogP contribution in [0.4, 0.5) is 11.4 Å². The molecule has 0 saturated carbocycles. The molecule has 1 atom stereocenters. The van der Waals surface area contributed by atoms with E-state index in [1.165, 1.54) is 19.3 Å². The van der Waals surface area contributed by atoms with E-state index in [0.717, 1.165) is 25.2 Å². The Kier molecular flexibility index (Phi) is 4.74. The van der Waals surface area contributed by atoms with Crippen molar-refractivity contribution in [1.82, 2.24) is 5.32 Å². The topological polar surface area (TPSA) is 58.4 Å². The van der Waals surface area contributed by atoms with Gasteiger partial charge >= 0.3 is 0 Å². The Labute approximate surface area is 113 Å². The van der Waals surface area contributed by atoms with E-state index < -0.39 is 0 Å². The number of rotatable bonds is 5. The van der Waals surface area contributed by atoms with E-state index in [2.05, 4.69) is 10.2 Å². The quantitative estimate of drug-likeness (QED) is 0.655. The van der Waals surface area contributed by atoms with Crippen LogP contribution < -0.4 is 10.2 Å². The fourth-order valence-corrected chi connectivity index (χ4v) is 2.72. The summed E-state index contributed by atoms with van der Waals surface area (Å²) in [5.41, 5.74) is 1.26. The van der Waals surface area contributed by atoms with Gasteiger partial charge in [-0.15, -0.1) is 0 Å². The number of non-ortho nitro benzene ring substituents is 1. The molecule has 1 aliphatic rings. The van der Waals surface area contributed by atoms with Gasteiger partial charge in [-0.2, -0.15) is 0 Å². The van der Waals surface area contributed by atoms with Crippen molar-refractivity contribution in [2.24, 2.45) is 0 Å². The minimum absolute atomic E-state index is 0.160. The first-order valence-electron chi connectivity index (χ1n) is 6.88. The highest BCUT2D eigenvalue weighted by Crippen LogP contribution is 2.27. The average Bonchev–Trinajstić information content (AvgIpc) is 2.45. The number of nitro benzene ring substituents is 1. The maximum absolute atomic E-state index is 10.7. The summed E-state index contributed by atoms with van der Waals surface area (Å²) in [6.07, 6.45) is 4.80. The van der Waals surface area contributed by atoms with Crippen LogP contribution in [-0.2, 0) is 0 Å². The third kappa shape index (κ3) is 3.44. The number of nitrogens with zero attached hydrogens (tertiary/aromatic N) is 2. The fraction of sp³-hybridized carbons (Fsp3) is 0.571. The lowest BCUT2D eigenvalue weighted by Gasteiger charge is -2.37. The van der Waals surface area contributed by atoms with Gasteiger partial charge in [-0.05, 0) is 51.4 Å². The molecule has 5 heteroatoms. The number of nitrogens with one attached hydrogen (secondary N) is 1. The Bertz CT molecular complexity index is 419. The lowest BCUT2D eigenvalue weighted by atomic mass is 9.98. The van der Waals surface area contributed by atoms with Gasteiger partial charge < -0.3 is 10.2 Å². The number of anilines is 1. The zero-order valence-electron chi connectivity index (χ0n) is 11.3. The van der Waals surface area contributed by atoms with Crippen LogP contribution in [0.25, 0.3) is 0 Å². The summed E-state index contributed by atoms with van der Waals surface area (Å²) in [7, 11) is 1.97. The van der Waals surface area contributed by atoms with Gasteiger partial charge in [0, 0.05) is 30.4 Å². The molecule has 0 amide bonds. The second-order valence-corrected chi connectivity index (χ2v) is 5.01. The van der Waals surface area contributed by atoms with Gasteiger partial charge in [0.25, 0.3) is 5.69 Å². The molecule has 0 aliphatic carbocycles. The molecule has 1 aliphatic heterocycles. The summed E-state index contributed by atoms with van der Waals surface area (Å²) in [4.78, 5) is 12.7. The molecule has 2 rings (SSSR count). The van der Waals surface area contributed by atoms with Gasteiger partial charge in [0.05, 0.1) is 4.92 Å². The van der Waals surface area contributed by atoms with E-state index in [9.17, 15) is 10.1 Å². The monoisotopic (exact) mass is 263 g/mol. The Morgan fingerprint density at radius 3 is 2.74 bits per heavy atom. The second kappa shape index (κ2) is 6.52. The summed E-state index contributed by atoms with van der Waals surface area (Å²) in [5.74, 6) is 0. The van der Waals surface area contributed by atoms with Crippen molar-refractivity contribution in [3.8, 4) is 0 Å². The molecule has 104 valence electrons. The van der Waals surface area contributed by atoms with Crippen LogP contribution in [0.3, 0.4) is 0 Å². The molecule has 1 aromatic carbocycles. The normalized spacial score (nSPS) is 19.4. The van der Waals surface area contributed by atoms with E-state index in [0.29, 0.717) is 6.04 Å². The van der Waals surface area contributed by atoms with Gasteiger partial charge in [0.2, 0.25) is 0 Å². The summed E-state index contributed by atoms with van der Waals surface area (Å²) in [6, 6.07) is 7.48. The molecule has 1 heterocycles. The van der Waals surface area contributed by atoms with Crippen LogP contribution >= 0.6 is 0 Å². The second-order valence-electron chi connectivity index (χ2n) is 5.01. The molecule has 19 heavy (non-hydrogen) atoms. The molecule has 1 unspecified atom stereocenters. The number of hydrogen-bond donors (Lipinski definition) is 1. The standard InChI is InChI=1S/C14H21N3O2/c1-15-10-9-12-4-2-3-11-16(12)13-5-7-14(8-6-13)17(18)19/h5-8,12,15H,2-4,9-11H2,1H3. The third-order valence-electron chi connectivity index (χ3n) is 3.75. The molecule has 1 aromatic rings. The summed E-state index contributed by atoms with van der Waals surface area (Å²) in [5, 5.41) is 13.9. The van der Waals surface area contributed by atoms with Crippen molar-refractivity contribution >= 4 is 11.4 Å². The Morgan fingerprint density at radius 1 is 1.37 bits per heavy atom. The Morgan fingerprint density at radius 2 is 2.11 bits per heavy atom. The van der Waals surface area contributed by atoms with Gasteiger partial charge in [-0.1, -0.05) is 0 Å². The highest BCUT2D eigenvalue weighted by atomic mass is 16.6. The molecule has 1 saturated heterocycles. The molecule has 1 N–H and O–H groups in total. The number of piperidine rings is 1. The number of benzene rings is 1. The molecular weight excluding hydrogens is 242 g/mol. The molecule has 0 bridgehead atoms. The molecule has 5 nitrogen and oxygen atoms in total. The lowest BCUT2D eigenvalue weighted by molar-refractivity contribution is -0.384. The first kappa shape index (κ1) is 13.8. The van der Waals surface area contributed by atoms with E-state index in [1.807, 2.05) is 19.2 Å². The van der Waals surface area contributed by atoms with Crippen molar-refractivity contribution in [2.45, 2.75) is 31.7 Å². The Hall–Kier alpha value is -1.62. The van der Waals surface area contributed by atoms with E-state index in [1.54, 1.807) is 12.1 Å². The fourth-order valence-electron chi connectivity index (χ4n) is 2.72. The third-order valence-corrected chi connectivity index (χ3v) is 3.75. The van der Waals surface area contributed by atoms with E-state index in [4.69, 9.17) is 0 Å². The van der Waals surface area contributed by atoms with Crippen molar-refractivity contribution in [3.63, 3.8) is 0 Å². The predicted octanol–water partition coefficient (Wildman–Crippen LogP) is 2.56. The maximum Gasteiger partial charge on any atom is 0.269 e. The van der Waals surface area contributed by atoms with Gasteiger partial charge in [0.15, 0.2) is 0 Å². The van der Waals surface area contributed by atoms with Crippen LogP contribution in [0, 0.1) is 10.1 Å². The predicted molar refractivity (Wildman–Crippen MR) is 76.6 cm³/mol. The first-order valence-corrected chi connectivity index (χ1v) is 6.88. The zero-order valence-corrected chi connectivity index (χ0v) is 11.3. The van der Waals surface area contributed by atoms with Crippen molar-refractivity contribution in [1.29, 1.82) is 0 Å². The number of hydrogen-bond acceptors (Lipinski definition) is 4. The zero-order chi connectivity index (χ0) is 13.7. The van der Waals surface area contributed by atoms with E-state index >= 15 is 0 Å². The Balaban J connectivity index is 2.10. The van der Waals surface area contributed by atoms with Crippen LogP contribution in [0.1, 0.15) is 25.7 Å². The van der Waals surface area contributed by atoms with Crippen LogP contribution in [0.15, 0.2) is 24.3 Å². The summed E-state index contributed by atoms with van der Waals surface area (Å²) >= 11 is 0. The molecule has 0 aromatic heterocycles. The van der Waals surface area contributed by atoms with Crippen molar-refractivity contribution in [3.05, 3.63) is 34.4 Å². The van der Waals surface area contributed by atoms with Crippen LogP contribution in [-0.4, -0.2) is 31.1 Å². The first-order chi connectivity index (χ1) is 9.22. The minimum atomic E-state index is -0.349. The number of nitro groups is 1. The van der Waals surface area contributed by atoms with Gasteiger partial charge in [-0.3, -0.25) is 10.1 Å². The van der Waals surface area contributed by atoms with Gasteiger partial charge in [-0.25, -0.2) is 0 Å². The SMILES string of the molecule is CNCCC1CCCCN1c1ccc([N+](=O)[O-])cc1. The van der Waals surface area contributed by atoms with Gasteiger partial charge in [0.1, 0.15) is 0 Å². The maximum atomic E-state index is 10.7. The van der Waals surface area contributed by atoms with Crippen LogP contribution in [0.2, 0.25) is 0 Å². The summed E-state index contributed by atoms with van der Waals surface area (Å²) in [6.45, 7) is 2.06. The summed E-state index contributed by atoms with van der Waals surface area (Å²) < 4.78 is 0. The average molecular weight is 263 g/mol. The van der Waals surface area contributed by atoms with Crippen molar-refractivity contribution < 1.29 is 4.92 Å². The smallest absolute Gasteiger partial charge is 0.269 e. The highest BCUT2D eigenvalue weighted by molar-refractivity contribution is 5.51.